The van der Waals surface area contributed by atoms with Crippen molar-refractivity contribution in [2.24, 2.45) is 0 Å². The Labute approximate surface area is 199 Å². The predicted octanol–water partition coefficient (Wildman–Crippen LogP) is 6.52. The Morgan fingerprint density at radius 3 is 2.59 bits per heavy atom. The zero-order valence-corrected chi connectivity index (χ0v) is 19.2. The molecule has 2 aromatic carbocycles. The summed E-state index contributed by atoms with van der Waals surface area (Å²) < 4.78 is 0. The minimum atomic E-state index is -0.143. The summed E-state index contributed by atoms with van der Waals surface area (Å²) in [6.45, 7) is 0. The van der Waals surface area contributed by atoms with Crippen LogP contribution in [0.4, 0.5) is 5.13 Å². The number of halogens is 1. The van der Waals surface area contributed by atoms with Crippen molar-refractivity contribution in [1.82, 2.24) is 9.97 Å². The van der Waals surface area contributed by atoms with Crippen LogP contribution in [-0.4, -0.2) is 21.6 Å². The summed E-state index contributed by atoms with van der Waals surface area (Å²) in [7, 11) is 0. The highest BCUT2D eigenvalue weighted by molar-refractivity contribution is 7.99. The molecule has 0 bridgehead atoms. The Morgan fingerprint density at radius 2 is 1.81 bits per heavy atom. The molecule has 1 N–H and O–H groups in total. The van der Waals surface area contributed by atoms with Crippen molar-refractivity contribution in [2.45, 2.75) is 11.4 Å². The molecule has 4 aromatic rings. The van der Waals surface area contributed by atoms with Gasteiger partial charge in [-0.25, -0.2) is 9.97 Å². The van der Waals surface area contributed by atoms with Crippen LogP contribution >= 0.6 is 34.7 Å². The Kier molecular flexibility index (Phi) is 7.17. The van der Waals surface area contributed by atoms with Crippen LogP contribution in [0.1, 0.15) is 12.0 Å². The number of amides is 1. The zero-order valence-electron chi connectivity index (χ0n) is 16.8. The van der Waals surface area contributed by atoms with E-state index in [1.165, 1.54) is 23.1 Å². The van der Waals surface area contributed by atoms with E-state index in [9.17, 15) is 10.1 Å². The van der Waals surface area contributed by atoms with E-state index in [-0.39, 0.29) is 12.3 Å². The summed E-state index contributed by atoms with van der Waals surface area (Å²) in [4.78, 5) is 21.5. The first kappa shape index (κ1) is 22.0. The van der Waals surface area contributed by atoms with E-state index in [4.69, 9.17) is 11.6 Å². The SMILES string of the molecule is N#Cc1ccc(-c2ccccc2)nc1SCCC(=O)Nc1nc(-c2ccccc2Cl)cs1. The van der Waals surface area contributed by atoms with Crippen LogP contribution in [0.3, 0.4) is 0 Å². The summed E-state index contributed by atoms with van der Waals surface area (Å²) >= 11 is 8.97. The van der Waals surface area contributed by atoms with Gasteiger partial charge in [0, 0.05) is 33.7 Å². The molecule has 0 aliphatic carbocycles. The average molecular weight is 477 g/mol. The van der Waals surface area contributed by atoms with Gasteiger partial charge in [-0.1, -0.05) is 60.1 Å². The third-order valence-corrected chi connectivity index (χ3v) is 6.60. The van der Waals surface area contributed by atoms with E-state index >= 15 is 0 Å². The molecule has 0 aliphatic heterocycles. The number of thioether (sulfide) groups is 1. The van der Waals surface area contributed by atoms with Crippen molar-refractivity contribution in [3.63, 3.8) is 0 Å². The van der Waals surface area contributed by atoms with Crippen molar-refractivity contribution in [3.8, 4) is 28.6 Å². The lowest BCUT2D eigenvalue weighted by atomic mass is 10.1. The van der Waals surface area contributed by atoms with Crippen LogP contribution in [0.5, 0.6) is 0 Å². The first-order valence-electron chi connectivity index (χ1n) is 9.73. The number of anilines is 1. The van der Waals surface area contributed by atoms with Gasteiger partial charge < -0.3 is 5.32 Å². The van der Waals surface area contributed by atoms with Gasteiger partial charge in [0.2, 0.25) is 5.91 Å². The molecule has 4 rings (SSSR count). The minimum absolute atomic E-state index is 0.143. The molecule has 5 nitrogen and oxygen atoms in total. The predicted molar refractivity (Wildman–Crippen MR) is 131 cm³/mol. The number of benzene rings is 2. The minimum Gasteiger partial charge on any atom is -0.302 e. The molecule has 0 radical (unpaired) electrons. The molecule has 0 unspecified atom stereocenters. The summed E-state index contributed by atoms with van der Waals surface area (Å²) in [5.41, 5.74) is 3.83. The number of aromatic nitrogens is 2. The third-order valence-electron chi connectivity index (χ3n) is 4.52. The molecule has 2 heterocycles. The molecule has 8 heteroatoms. The van der Waals surface area contributed by atoms with Crippen LogP contribution in [0.2, 0.25) is 5.02 Å². The molecule has 158 valence electrons. The van der Waals surface area contributed by atoms with Gasteiger partial charge in [-0.2, -0.15) is 5.26 Å². The highest BCUT2D eigenvalue weighted by Crippen LogP contribution is 2.30. The Bertz CT molecular complexity index is 1280. The molecule has 0 fully saturated rings. The largest absolute Gasteiger partial charge is 0.302 e. The van der Waals surface area contributed by atoms with E-state index in [1.807, 2.05) is 66.0 Å². The van der Waals surface area contributed by atoms with Crippen LogP contribution in [0.15, 0.2) is 77.1 Å². The molecule has 0 aliphatic rings. The van der Waals surface area contributed by atoms with E-state index in [2.05, 4.69) is 21.4 Å². The Balaban J connectivity index is 1.36. The summed E-state index contributed by atoms with van der Waals surface area (Å²) in [6, 6.07) is 23.0. The standard InChI is InChI=1S/C24H17ClN4OS2/c25-19-9-5-4-8-18(19)21-15-32-24(28-21)29-22(30)12-13-31-23-17(14-26)10-11-20(27-23)16-6-2-1-3-7-16/h1-11,15H,12-13H2,(H,28,29,30). The summed E-state index contributed by atoms with van der Waals surface area (Å²) in [6.07, 6.45) is 0.272. The topological polar surface area (TPSA) is 78.7 Å². The van der Waals surface area contributed by atoms with Crippen LogP contribution in [0.25, 0.3) is 22.5 Å². The molecule has 32 heavy (non-hydrogen) atoms. The molecular weight excluding hydrogens is 460 g/mol. The van der Waals surface area contributed by atoms with Crippen LogP contribution < -0.4 is 5.32 Å². The van der Waals surface area contributed by atoms with E-state index in [0.717, 1.165) is 22.5 Å². The number of carbonyl (C=O) groups is 1. The number of nitriles is 1. The van der Waals surface area contributed by atoms with E-state index in [1.54, 1.807) is 6.07 Å². The number of pyridine rings is 1. The number of rotatable bonds is 7. The van der Waals surface area contributed by atoms with Crippen molar-refractivity contribution < 1.29 is 4.79 Å². The van der Waals surface area contributed by atoms with Gasteiger partial charge >= 0.3 is 0 Å². The maximum absolute atomic E-state index is 12.4. The van der Waals surface area contributed by atoms with Crippen molar-refractivity contribution >= 4 is 45.7 Å². The Hall–Kier alpha value is -3.18. The number of nitrogens with one attached hydrogen (secondary N) is 1. The number of hydrogen-bond donors (Lipinski definition) is 1. The summed E-state index contributed by atoms with van der Waals surface area (Å²) in [5.74, 6) is 0.351. The zero-order chi connectivity index (χ0) is 22.3. The Morgan fingerprint density at radius 1 is 1.03 bits per heavy atom. The van der Waals surface area contributed by atoms with Gasteiger partial charge in [0.05, 0.1) is 17.0 Å². The maximum Gasteiger partial charge on any atom is 0.226 e. The van der Waals surface area contributed by atoms with Gasteiger partial charge in [0.15, 0.2) is 5.13 Å². The second-order valence-corrected chi connectivity index (χ2v) is 9.04. The number of hydrogen-bond acceptors (Lipinski definition) is 6. The highest BCUT2D eigenvalue weighted by atomic mass is 35.5. The number of carbonyl (C=O) groups excluding carboxylic acids is 1. The molecule has 0 saturated heterocycles. The van der Waals surface area contributed by atoms with Gasteiger partial charge in [-0.15, -0.1) is 23.1 Å². The molecule has 2 aromatic heterocycles. The molecule has 0 spiro atoms. The molecule has 1 amide bonds. The monoisotopic (exact) mass is 476 g/mol. The second-order valence-electron chi connectivity index (χ2n) is 6.69. The van der Waals surface area contributed by atoms with Crippen molar-refractivity contribution in [1.29, 1.82) is 5.26 Å². The fraction of sp³-hybridized carbons (Fsp3) is 0.0833. The smallest absolute Gasteiger partial charge is 0.226 e. The second kappa shape index (κ2) is 10.4. The van der Waals surface area contributed by atoms with Gasteiger partial charge in [0.25, 0.3) is 0 Å². The molecule has 0 saturated carbocycles. The van der Waals surface area contributed by atoms with Gasteiger partial charge in [-0.3, -0.25) is 4.79 Å². The van der Waals surface area contributed by atoms with E-state index in [0.29, 0.717) is 26.5 Å². The van der Waals surface area contributed by atoms with Gasteiger partial charge in [0.1, 0.15) is 11.1 Å². The van der Waals surface area contributed by atoms with Crippen LogP contribution in [-0.2, 0) is 4.79 Å². The van der Waals surface area contributed by atoms with Crippen LogP contribution in [0, 0.1) is 11.3 Å². The fourth-order valence-corrected chi connectivity index (χ4v) is 4.82. The average Bonchev–Trinajstić information content (AvgIpc) is 3.28. The molecule has 0 atom stereocenters. The highest BCUT2D eigenvalue weighted by Gasteiger charge is 2.12. The lowest BCUT2D eigenvalue weighted by molar-refractivity contribution is -0.115. The third kappa shape index (κ3) is 5.35. The quantitative estimate of drug-likeness (QED) is 0.307. The fourth-order valence-electron chi connectivity index (χ4n) is 2.95. The van der Waals surface area contributed by atoms with Gasteiger partial charge in [-0.05, 0) is 18.2 Å². The number of thiazole rings is 1. The first-order valence-corrected chi connectivity index (χ1v) is 12.0. The van der Waals surface area contributed by atoms with Crippen molar-refractivity contribution in [3.05, 3.63) is 82.7 Å². The lowest BCUT2D eigenvalue weighted by Crippen LogP contribution is -2.12. The normalized spacial score (nSPS) is 10.5. The van der Waals surface area contributed by atoms with E-state index < -0.39 is 0 Å². The number of nitrogens with zero attached hydrogens (tertiary/aromatic N) is 3. The maximum atomic E-state index is 12.4. The first-order chi connectivity index (χ1) is 15.6. The lowest BCUT2D eigenvalue weighted by Gasteiger charge is -2.07. The molecular formula is C24H17ClN4OS2. The summed E-state index contributed by atoms with van der Waals surface area (Å²) in [5, 5.41) is 15.9. The van der Waals surface area contributed by atoms with Crippen molar-refractivity contribution in [2.75, 3.05) is 11.1 Å².